The third-order valence-corrected chi connectivity index (χ3v) is 2.50. The van der Waals surface area contributed by atoms with Gasteiger partial charge in [-0.1, -0.05) is 0 Å². The second-order valence-electron chi connectivity index (χ2n) is 3.27. The monoisotopic (exact) mass is 240 g/mol. The fraction of sp³-hybridized carbons (Fsp3) is 0.300. The summed E-state index contributed by atoms with van der Waals surface area (Å²) in [5, 5.41) is 21.7. The molecular formula is C10H12N2O5. The van der Waals surface area contributed by atoms with E-state index in [2.05, 4.69) is 0 Å². The lowest BCUT2D eigenvalue weighted by Crippen LogP contribution is -2.36. The highest BCUT2D eigenvalue weighted by atomic mass is 16.6. The van der Waals surface area contributed by atoms with Crippen molar-refractivity contribution in [3.8, 4) is 17.4 Å². The molecule has 0 bridgehead atoms. The molecule has 2 aromatic rings. The van der Waals surface area contributed by atoms with Crippen LogP contribution in [0, 0.1) is 5.21 Å². The molecule has 92 valence electrons. The van der Waals surface area contributed by atoms with Crippen molar-refractivity contribution in [2.24, 2.45) is 0 Å². The van der Waals surface area contributed by atoms with Crippen LogP contribution < -0.4 is 19.1 Å². The molecule has 1 heterocycles. The van der Waals surface area contributed by atoms with Gasteiger partial charge in [0.05, 0.1) is 21.3 Å². The van der Waals surface area contributed by atoms with Gasteiger partial charge >= 0.3 is 5.88 Å². The van der Waals surface area contributed by atoms with Gasteiger partial charge in [-0.2, -0.15) is 0 Å². The largest absolute Gasteiger partial charge is 0.591 e. The fourth-order valence-electron chi connectivity index (χ4n) is 1.75. The van der Waals surface area contributed by atoms with E-state index in [0.29, 0.717) is 21.7 Å². The molecular weight excluding hydrogens is 228 g/mol. The predicted octanol–water partition coefficient (Wildman–Crippen LogP) is 0.538. The van der Waals surface area contributed by atoms with Crippen LogP contribution in [-0.2, 0) is 0 Å². The minimum Gasteiger partial charge on any atom is -0.591 e. The summed E-state index contributed by atoms with van der Waals surface area (Å²) in [6.45, 7) is 0. The summed E-state index contributed by atoms with van der Waals surface area (Å²) < 4.78 is 15.2. The van der Waals surface area contributed by atoms with E-state index >= 15 is 0 Å². The quantitative estimate of drug-likeness (QED) is 0.481. The van der Waals surface area contributed by atoms with Crippen LogP contribution in [0.4, 0.5) is 0 Å². The molecule has 0 aliphatic carbocycles. The molecule has 1 N–H and O–H groups in total. The Morgan fingerprint density at radius 1 is 1.12 bits per heavy atom. The van der Waals surface area contributed by atoms with Crippen LogP contribution in [0.25, 0.3) is 10.9 Å². The van der Waals surface area contributed by atoms with Crippen LogP contribution in [-0.4, -0.2) is 31.4 Å². The molecule has 0 aliphatic heterocycles. The highest BCUT2D eigenvalue weighted by Gasteiger charge is 2.28. The fourth-order valence-corrected chi connectivity index (χ4v) is 1.75. The molecule has 0 atom stereocenters. The lowest BCUT2D eigenvalue weighted by Gasteiger charge is -2.03. The second-order valence-corrected chi connectivity index (χ2v) is 3.27. The maximum absolute atomic E-state index is 11.6. The second kappa shape index (κ2) is 3.93. The van der Waals surface area contributed by atoms with Crippen molar-refractivity contribution in [1.82, 2.24) is 4.85 Å². The van der Waals surface area contributed by atoms with Crippen LogP contribution in [0.1, 0.15) is 0 Å². The van der Waals surface area contributed by atoms with E-state index in [-0.39, 0.29) is 16.2 Å². The van der Waals surface area contributed by atoms with Crippen LogP contribution >= 0.6 is 0 Å². The van der Waals surface area contributed by atoms with Crippen LogP contribution in [0.3, 0.4) is 0 Å². The van der Waals surface area contributed by atoms with Gasteiger partial charge in [0.15, 0.2) is 11.1 Å². The van der Waals surface area contributed by atoms with E-state index in [1.54, 1.807) is 12.1 Å². The van der Waals surface area contributed by atoms with Gasteiger partial charge in [-0.05, 0) is 17.0 Å². The maximum atomic E-state index is 11.6. The van der Waals surface area contributed by atoms with Crippen LogP contribution in [0.5, 0.6) is 17.4 Å². The Balaban J connectivity index is 2.95. The lowest BCUT2D eigenvalue weighted by atomic mass is 10.2. The maximum Gasteiger partial charge on any atom is 0.420 e. The third kappa shape index (κ3) is 1.39. The van der Waals surface area contributed by atoms with Gasteiger partial charge in [-0.25, -0.2) is 0 Å². The van der Waals surface area contributed by atoms with E-state index < -0.39 is 0 Å². The van der Waals surface area contributed by atoms with Crippen LogP contribution in [0.2, 0.25) is 0 Å². The lowest BCUT2D eigenvalue weighted by molar-refractivity contribution is -0.725. The zero-order chi connectivity index (χ0) is 12.6. The van der Waals surface area contributed by atoms with Gasteiger partial charge in [0.25, 0.3) is 0 Å². The van der Waals surface area contributed by atoms with Crippen molar-refractivity contribution >= 4 is 10.9 Å². The Hall–Kier alpha value is -2.31. The molecule has 1 aromatic carbocycles. The smallest absolute Gasteiger partial charge is 0.420 e. The van der Waals surface area contributed by atoms with Crippen LogP contribution in [0.15, 0.2) is 12.1 Å². The number of methoxy groups -OCH3 is 3. The van der Waals surface area contributed by atoms with Crippen molar-refractivity contribution in [2.45, 2.75) is 0 Å². The number of hydrogen-bond donors (Lipinski definition) is 1. The van der Waals surface area contributed by atoms with E-state index in [0.717, 1.165) is 0 Å². The van der Waals surface area contributed by atoms with Gasteiger partial charge < -0.3 is 24.6 Å². The van der Waals surface area contributed by atoms with E-state index in [1.165, 1.54) is 21.3 Å². The minimum atomic E-state index is -0.0572. The minimum absolute atomic E-state index is 0.0572. The van der Waals surface area contributed by atoms with Crippen molar-refractivity contribution in [2.75, 3.05) is 21.3 Å². The Morgan fingerprint density at radius 2 is 1.71 bits per heavy atom. The summed E-state index contributed by atoms with van der Waals surface area (Å²) in [6, 6.07) is 3.22. The number of fused-ring (bicyclic) bond motifs is 1. The molecule has 0 aliphatic rings. The normalized spacial score (nSPS) is 10.5. The van der Waals surface area contributed by atoms with Gasteiger partial charge in [0.2, 0.25) is 5.52 Å². The summed E-state index contributed by atoms with van der Waals surface area (Å²) in [6.07, 6.45) is 0. The summed E-state index contributed by atoms with van der Waals surface area (Å²) >= 11 is 0. The van der Waals surface area contributed by atoms with Crippen molar-refractivity contribution in [3.05, 3.63) is 17.3 Å². The first-order valence-electron chi connectivity index (χ1n) is 4.78. The van der Waals surface area contributed by atoms with Gasteiger partial charge in [0.1, 0.15) is 5.75 Å². The molecule has 1 aromatic heterocycles. The van der Waals surface area contributed by atoms with Crippen molar-refractivity contribution < 1.29 is 24.3 Å². The average molecular weight is 240 g/mol. The third-order valence-electron chi connectivity index (χ3n) is 2.50. The molecule has 0 saturated carbocycles. The summed E-state index contributed by atoms with van der Waals surface area (Å²) in [7, 11) is 4.24. The average Bonchev–Trinajstić information content (AvgIpc) is 2.61. The number of rotatable bonds is 3. The number of ether oxygens (including phenoxy) is 3. The van der Waals surface area contributed by atoms with E-state index in [9.17, 15) is 10.4 Å². The van der Waals surface area contributed by atoms with E-state index in [1.807, 2.05) is 0 Å². The number of hydrogen-bond acceptors (Lipinski definition) is 5. The standard InChI is InChI=1S/C10H12N2O5/c1-15-6-4-5-7(16-2)9-8(6)10(17-3)12(14)11(9)13/h4-5,13H,1-3H3. The van der Waals surface area contributed by atoms with Crippen molar-refractivity contribution in [3.63, 3.8) is 0 Å². The van der Waals surface area contributed by atoms with E-state index in [4.69, 9.17) is 14.2 Å². The van der Waals surface area contributed by atoms with Gasteiger partial charge in [-0.15, -0.1) is 0 Å². The molecule has 0 spiro atoms. The number of benzene rings is 1. The molecule has 7 heteroatoms. The van der Waals surface area contributed by atoms with Gasteiger partial charge in [-0.3, -0.25) is 0 Å². The van der Waals surface area contributed by atoms with Crippen molar-refractivity contribution in [1.29, 1.82) is 0 Å². The summed E-state index contributed by atoms with van der Waals surface area (Å²) in [5.41, 5.74) is 0.193. The predicted molar refractivity (Wildman–Crippen MR) is 57.7 cm³/mol. The highest BCUT2D eigenvalue weighted by Crippen LogP contribution is 2.37. The molecule has 0 saturated heterocycles. The molecule has 0 radical (unpaired) electrons. The van der Waals surface area contributed by atoms with Gasteiger partial charge in [0, 0.05) is 4.85 Å². The molecule has 0 amide bonds. The first-order valence-corrected chi connectivity index (χ1v) is 4.78. The SMILES string of the molecule is COc1ccc(OC)c2c1c(OC)[n+]([O-])n2O. The molecule has 2 rings (SSSR count). The summed E-state index contributed by atoms with van der Waals surface area (Å²) in [4.78, 5) is 0.630. The Morgan fingerprint density at radius 3 is 2.24 bits per heavy atom. The molecule has 7 nitrogen and oxygen atoms in total. The Kier molecular flexibility index (Phi) is 2.58. The zero-order valence-electron chi connectivity index (χ0n) is 9.63. The summed E-state index contributed by atoms with van der Waals surface area (Å²) in [5.74, 6) is 0.699. The topological polar surface area (TPSA) is 79.8 Å². The number of nitrogens with zero attached hydrogens (tertiary/aromatic N) is 2. The molecule has 17 heavy (non-hydrogen) atoms. The Labute approximate surface area is 96.9 Å². The first-order chi connectivity index (χ1) is 8.15. The molecule has 0 unspecified atom stereocenters. The number of aromatic nitrogens is 2. The zero-order valence-corrected chi connectivity index (χ0v) is 9.63. The highest BCUT2D eigenvalue weighted by molar-refractivity contribution is 5.93. The first kappa shape index (κ1) is 11.2. The molecule has 0 fully saturated rings. The Bertz CT molecular complexity index is 564.